The largest absolute Gasteiger partial charge is 0.461 e. The maximum absolute atomic E-state index is 12.8. The van der Waals surface area contributed by atoms with Crippen LogP contribution in [0, 0.1) is 13.8 Å². The van der Waals surface area contributed by atoms with Gasteiger partial charge in [-0.2, -0.15) is 4.31 Å². The predicted molar refractivity (Wildman–Crippen MR) is 78.8 cm³/mol. The first kappa shape index (κ1) is 16.0. The Morgan fingerprint density at radius 1 is 1.24 bits per heavy atom. The number of ether oxygens (including phenoxy) is 1. The summed E-state index contributed by atoms with van der Waals surface area (Å²) in [5.74, 6) is -0.483. The molecule has 21 heavy (non-hydrogen) atoms. The topological polar surface area (TPSA) is 68.6 Å². The van der Waals surface area contributed by atoms with Crippen LogP contribution >= 0.6 is 0 Å². The second kappa shape index (κ2) is 5.81. The lowest BCUT2D eigenvalue weighted by Gasteiger charge is -2.16. The average Bonchev–Trinajstić information content (AvgIpc) is 2.99. The molecule has 7 heteroatoms. The molecule has 0 radical (unpaired) electrons. The molecule has 2 rings (SSSR count). The van der Waals surface area contributed by atoms with Gasteiger partial charge in [0.2, 0.25) is 10.0 Å². The molecule has 1 fully saturated rings. The van der Waals surface area contributed by atoms with E-state index in [2.05, 4.69) is 0 Å². The standard InChI is InChI=1S/C14H22N2O4S/c1-5-20-14(17)12-10(2)13(11(3)15(12)4)21(18,19)16-8-6-7-9-16/h5-9H2,1-4H3. The van der Waals surface area contributed by atoms with Crippen LogP contribution < -0.4 is 0 Å². The third-order valence-electron chi connectivity index (χ3n) is 3.99. The van der Waals surface area contributed by atoms with Crippen molar-refractivity contribution < 1.29 is 17.9 Å². The first-order valence-corrected chi connectivity index (χ1v) is 8.59. The fourth-order valence-electron chi connectivity index (χ4n) is 2.88. The highest BCUT2D eigenvalue weighted by Crippen LogP contribution is 2.30. The Morgan fingerprint density at radius 3 is 2.33 bits per heavy atom. The number of hydrogen-bond acceptors (Lipinski definition) is 4. The van der Waals surface area contributed by atoms with Gasteiger partial charge >= 0.3 is 5.97 Å². The number of rotatable bonds is 4. The lowest BCUT2D eigenvalue weighted by molar-refractivity contribution is 0.0514. The van der Waals surface area contributed by atoms with E-state index in [1.165, 1.54) is 4.31 Å². The molecule has 0 saturated carbocycles. The maximum Gasteiger partial charge on any atom is 0.355 e. The number of carbonyl (C=O) groups is 1. The lowest BCUT2D eigenvalue weighted by atomic mass is 10.2. The molecule has 1 saturated heterocycles. The lowest BCUT2D eigenvalue weighted by Crippen LogP contribution is -2.28. The molecular formula is C14H22N2O4S. The summed E-state index contributed by atoms with van der Waals surface area (Å²) in [5.41, 5.74) is 1.36. The normalized spacial score (nSPS) is 16.4. The van der Waals surface area contributed by atoms with E-state index in [0.717, 1.165) is 12.8 Å². The molecule has 0 atom stereocenters. The van der Waals surface area contributed by atoms with E-state index >= 15 is 0 Å². The van der Waals surface area contributed by atoms with E-state index in [1.54, 1.807) is 32.4 Å². The number of aromatic nitrogens is 1. The van der Waals surface area contributed by atoms with Gasteiger partial charge in [0, 0.05) is 31.4 Å². The first-order chi connectivity index (χ1) is 9.82. The summed E-state index contributed by atoms with van der Waals surface area (Å²) in [4.78, 5) is 12.3. The van der Waals surface area contributed by atoms with E-state index in [9.17, 15) is 13.2 Å². The number of sulfonamides is 1. The van der Waals surface area contributed by atoms with E-state index in [4.69, 9.17) is 4.74 Å². The minimum Gasteiger partial charge on any atom is -0.461 e. The molecule has 0 bridgehead atoms. The Balaban J connectivity index is 2.55. The zero-order chi connectivity index (χ0) is 15.8. The summed E-state index contributed by atoms with van der Waals surface area (Å²) in [7, 11) is -1.85. The zero-order valence-electron chi connectivity index (χ0n) is 13.0. The van der Waals surface area contributed by atoms with Crippen molar-refractivity contribution >= 4 is 16.0 Å². The highest BCUT2D eigenvalue weighted by atomic mass is 32.2. The molecule has 1 aliphatic rings. The van der Waals surface area contributed by atoms with Crippen LogP contribution in [0.2, 0.25) is 0 Å². The molecule has 1 aliphatic heterocycles. The molecule has 2 heterocycles. The molecule has 6 nitrogen and oxygen atoms in total. The smallest absolute Gasteiger partial charge is 0.355 e. The minimum absolute atomic E-state index is 0.245. The van der Waals surface area contributed by atoms with Gasteiger partial charge in [0.15, 0.2) is 0 Å². The summed E-state index contributed by atoms with van der Waals surface area (Å²) in [6.07, 6.45) is 1.77. The summed E-state index contributed by atoms with van der Waals surface area (Å²) in [6.45, 7) is 6.47. The second-order valence-corrected chi connectivity index (χ2v) is 7.15. The van der Waals surface area contributed by atoms with Crippen LogP contribution in [-0.2, 0) is 21.8 Å². The quantitative estimate of drug-likeness (QED) is 0.792. The van der Waals surface area contributed by atoms with Crippen molar-refractivity contribution in [1.82, 2.24) is 8.87 Å². The minimum atomic E-state index is -3.55. The molecule has 0 unspecified atom stereocenters. The van der Waals surface area contributed by atoms with Crippen LogP contribution in [0.4, 0.5) is 0 Å². The van der Waals surface area contributed by atoms with Gasteiger partial charge in [0.05, 0.1) is 6.61 Å². The molecule has 1 aromatic heterocycles. The summed E-state index contributed by atoms with van der Waals surface area (Å²) < 4.78 is 33.7. The fourth-order valence-corrected chi connectivity index (χ4v) is 4.87. The summed E-state index contributed by atoms with van der Waals surface area (Å²) >= 11 is 0. The van der Waals surface area contributed by atoms with Gasteiger partial charge in [-0.3, -0.25) is 0 Å². The Bertz CT molecular complexity index is 655. The number of carbonyl (C=O) groups excluding carboxylic acids is 1. The van der Waals surface area contributed by atoms with Crippen LogP contribution in [0.1, 0.15) is 41.5 Å². The summed E-state index contributed by atoms with van der Waals surface area (Å²) in [5, 5.41) is 0. The van der Waals surface area contributed by atoms with Crippen molar-refractivity contribution in [2.45, 2.75) is 38.5 Å². The monoisotopic (exact) mass is 314 g/mol. The van der Waals surface area contributed by atoms with Crippen LogP contribution in [0.3, 0.4) is 0 Å². The first-order valence-electron chi connectivity index (χ1n) is 7.15. The van der Waals surface area contributed by atoms with Gasteiger partial charge in [-0.1, -0.05) is 0 Å². The van der Waals surface area contributed by atoms with Gasteiger partial charge in [-0.15, -0.1) is 0 Å². The van der Waals surface area contributed by atoms with Gasteiger partial charge in [-0.05, 0) is 33.6 Å². The molecule has 118 valence electrons. The van der Waals surface area contributed by atoms with Crippen molar-refractivity contribution in [2.24, 2.45) is 7.05 Å². The molecule has 0 amide bonds. The van der Waals surface area contributed by atoms with Crippen LogP contribution in [0.15, 0.2) is 4.90 Å². The van der Waals surface area contributed by atoms with Gasteiger partial charge in [0.1, 0.15) is 10.6 Å². The van der Waals surface area contributed by atoms with Gasteiger partial charge in [0.25, 0.3) is 0 Å². The molecule has 0 aromatic carbocycles. The van der Waals surface area contributed by atoms with Crippen molar-refractivity contribution in [1.29, 1.82) is 0 Å². The third kappa shape index (κ3) is 2.60. The molecule has 0 aliphatic carbocycles. The molecule has 0 N–H and O–H groups in total. The maximum atomic E-state index is 12.8. The van der Waals surface area contributed by atoms with Crippen LogP contribution in [-0.4, -0.2) is 43.0 Å². The van der Waals surface area contributed by atoms with E-state index in [1.807, 2.05) is 0 Å². The van der Waals surface area contributed by atoms with Crippen molar-refractivity contribution in [3.05, 3.63) is 17.0 Å². The molecule has 0 spiro atoms. The second-order valence-electron chi connectivity index (χ2n) is 5.28. The van der Waals surface area contributed by atoms with Crippen LogP contribution in [0.25, 0.3) is 0 Å². The van der Waals surface area contributed by atoms with E-state index in [0.29, 0.717) is 30.0 Å². The van der Waals surface area contributed by atoms with Crippen LogP contribution in [0.5, 0.6) is 0 Å². The summed E-state index contributed by atoms with van der Waals surface area (Å²) in [6, 6.07) is 0. The average molecular weight is 314 g/mol. The van der Waals surface area contributed by atoms with E-state index < -0.39 is 16.0 Å². The Morgan fingerprint density at radius 2 is 1.81 bits per heavy atom. The van der Waals surface area contributed by atoms with Gasteiger partial charge < -0.3 is 9.30 Å². The third-order valence-corrected chi connectivity index (χ3v) is 6.16. The van der Waals surface area contributed by atoms with Crippen molar-refractivity contribution in [2.75, 3.05) is 19.7 Å². The number of nitrogens with zero attached hydrogens (tertiary/aromatic N) is 2. The van der Waals surface area contributed by atoms with E-state index in [-0.39, 0.29) is 11.5 Å². The molecular weight excluding hydrogens is 292 g/mol. The SMILES string of the molecule is CCOC(=O)c1c(C)c(S(=O)(=O)N2CCCC2)c(C)n1C. The van der Waals surface area contributed by atoms with Crippen molar-refractivity contribution in [3.63, 3.8) is 0 Å². The Hall–Kier alpha value is -1.34. The highest BCUT2D eigenvalue weighted by Gasteiger charge is 2.34. The number of esters is 1. The zero-order valence-corrected chi connectivity index (χ0v) is 13.8. The Kier molecular flexibility index (Phi) is 4.43. The fraction of sp³-hybridized carbons (Fsp3) is 0.643. The molecule has 1 aromatic rings. The number of hydrogen-bond donors (Lipinski definition) is 0. The highest BCUT2D eigenvalue weighted by molar-refractivity contribution is 7.89. The predicted octanol–water partition coefficient (Wildman–Crippen LogP) is 1.60. The van der Waals surface area contributed by atoms with Crippen molar-refractivity contribution in [3.8, 4) is 0 Å². The Labute approximate surface area is 125 Å². The van der Waals surface area contributed by atoms with Gasteiger partial charge in [-0.25, -0.2) is 13.2 Å².